The van der Waals surface area contributed by atoms with E-state index < -0.39 is 0 Å². The van der Waals surface area contributed by atoms with Gasteiger partial charge in [-0.15, -0.1) is 0 Å². The Balaban J connectivity index is 1.82. The number of methoxy groups -OCH3 is 1. The van der Waals surface area contributed by atoms with Crippen molar-refractivity contribution in [1.29, 1.82) is 0 Å². The lowest BCUT2D eigenvalue weighted by Crippen LogP contribution is -2.22. The lowest BCUT2D eigenvalue weighted by Gasteiger charge is -2.04. The van der Waals surface area contributed by atoms with E-state index in [1.807, 2.05) is 55.5 Å². The summed E-state index contributed by atoms with van der Waals surface area (Å²) in [5.41, 5.74) is 4.72. The number of rotatable bonds is 5. The number of fused-ring (bicyclic) bond motifs is 4. The summed E-state index contributed by atoms with van der Waals surface area (Å²) < 4.78 is 8.24. The van der Waals surface area contributed by atoms with Gasteiger partial charge in [0.1, 0.15) is 17.2 Å². The molecule has 0 N–H and O–H groups in total. The molecule has 0 aliphatic carbocycles. The van der Waals surface area contributed by atoms with Crippen LogP contribution in [0.3, 0.4) is 0 Å². The Hall–Kier alpha value is -3.91. The highest BCUT2D eigenvalue weighted by Crippen LogP contribution is 2.24. The maximum atomic E-state index is 13.3. The van der Waals surface area contributed by atoms with Crippen LogP contribution in [-0.2, 0) is 11.3 Å². The summed E-state index contributed by atoms with van der Waals surface area (Å²) in [6.45, 7) is 2.83. The monoisotopic (exact) mass is 412 g/mol. The number of ether oxygens (including phenoxy) is 1. The summed E-state index contributed by atoms with van der Waals surface area (Å²) in [7, 11) is 1.60. The minimum Gasteiger partial charge on any atom is -0.383 e. The fraction of sp³-hybridized carbons (Fsp3) is 0.174. The summed E-state index contributed by atoms with van der Waals surface area (Å²) in [4.78, 5) is 27.3. The molecular formula is C23H20N6O2. The molecular weight excluding hydrogens is 392 g/mol. The van der Waals surface area contributed by atoms with Crippen LogP contribution in [0.25, 0.3) is 33.2 Å². The molecule has 8 nitrogen and oxygen atoms in total. The fourth-order valence-corrected chi connectivity index (χ4v) is 3.56. The summed E-state index contributed by atoms with van der Waals surface area (Å²) in [5.74, 6) is 0. The van der Waals surface area contributed by atoms with Gasteiger partial charge in [0, 0.05) is 7.11 Å². The normalized spacial score (nSPS) is 11.9. The van der Waals surface area contributed by atoms with Crippen molar-refractivity contribution in [2.24, 2.45) is 5.10 Å². The largest absolute Gasteiger partial charge is 0.383 e. The van der Waals surface area contributed by atoms with Gasteiger partial charge >= 0.3 is 0 Å². The van der Waals surface area contributed by atoms with E-state index in [4.69, 9.17) is 14.7 Å². The second kappa shape index (κ2) is 7.73. The molecule has 0 radical (unpaired) electrons. The number of aryl methyl sites for hydroxylation is 1. The topological polar surface area (TPSA) is 87.2 Å². The van der Waals surface area contributed by atoms with Gasteiger partial charge in [-0.25, -0.2) is 15.0 Å². The van der Waals surface area contributed by atoms with Crippen LogP contribution in [0.15, 0.2) is 64.8 Å². The van der Waals surface area contributed by atoms with Crippen molar-refractivity contribution in [2.45, 2.75) is 13.5 Å². The quantitative estimate of drug-likeness (QED) is 0.414. The van der Waals surface area contributed by atoms with Crippen LogP contribution in [0.2, 0.25) is 0 Å². The lowest BCUT2D eigenvalue weighted by atomic mass is 10.1. The first-order valence-electron chi connectivity index (χ1n) is 9.92. The molecule has 0 aliphatic rings. The van der Waals surface area contributed by atoms with Gasteiger partial charge < -0.3 is 4.74 Å². The van der Waals surface area contributed by atoms with Crippen LogP contribution in [-0.4, -0.2) is 44.1 Å². The molecule has 3 aromatic heterocycles. The van der Waals surface area contributed by atoms with Crippen molar-refractivity contribution in [2.75, 3.05) is 13.7 Å². The van der Waals surface area contributed by atoms with E-state index in [2.05, 4.69) is 10.1 Å². The molecule has 0 fully saturated rings. The molecule has 5 rings (SSSR count). The van der Waals surface area contributed by atoms with E-state index >= 15 is 0 Å². The van der Waals surface area contributed by atoms with Crippen molar-refractivity contribution in [3.63, 3.8) is 0 Å². The average molecular weight is 412 g/mol. The number of para-hydroxylation sites is 2. The Morgan fingerprint density at radius 3 is 2.55 bits per heavy atom. The zero-order chi connectivity index (χ0) is 21.4. The van der Waals surface area contributed by atoms with Crippen molar-refractivity contribution in [1.82, 2.24) is 24.2 Å². The summed E-state index contributed by atoms with van der Waals surface area (Å²) >= 11 is 0. The van der Waals surface area contributed by atoms with Crippen molar-refractivity contribution >= 4 is 39.4 Å². The predicted octanol–water partition coefficient (Wildman–Crippen LogP) is 3.13. The smallest absolute Gasteiger partial charge is 0.265 e. The molecule has 3 heterocycles. The van der Waals surface area contributed by atoms with E-state index in [1.165, 1.54) is 10.9 Å². The van der Waals surface area contributed by atoms with Crippen LogP contribution < -0.4 is 5.56 Å². The molecule has 2 aromatic carbocycles. The molecule has 0 amide bonds. The van der Waals surface area contributed by atoms with E-state index in [0.717, 1.165) is 16.6 Å². The van der Waals surface area contributed by atoms with E-state index in [-0.39, 0.29) is 5.56 Å². The Morgan fingerprint density at radius 1 is 1.03 bits per heavy atom. The zero-order valence-corrected chi connectivity index (χ0v) is 17.2. The molecule has 0 saturated carbocycles. The van der Waals surface area contributed by atoms with Gasteiger partial charge in [0.2, 0.25) is 0 Å². The van der Waals surface area contributed by atoms with Gasteiger partial charge in [-0.2, -0.15) is 9.78 Å². The van der Waals surface area contributed by atoms with Gasteiger partial charge in [-0.3, -0.25) is 9.36 Å². The molecule has 5 aromatic rings. The second-order valence-electron chi connectivity index (χ2n) is 7.23. The first kappa shape index (κ1) is 19.1. The minimum absolute atomic E-state index is 0.193. The third kappa shape index (κ3) is 3.27. The highest BCUT2D eigenvalue weighted by atomic mass is 16.5. The number of aromatic nitrogens is 5. The summed E-state index contributed by atoms with van der Waals surface area (Å²) in [6.07, 6.45) is 3.27. The molecule has 0 unspecified atom stereocenters. The number of hydrogen-bond acceptors (Lipinski definition) is 6. The lowest BCUT2D eigenvalue weighted by molar-refractivity contribution is 0.186. The fourth-order valence-electron chi connectivity index (χ4n) is 3.56. The molecule has 31 heavy (non-hydrogen) atoms. The summed E-state index contributed by atoms with van der Waals surface area (Å²) in [5, 5.41) is 5.04. The Kier molecular flexibility index (Phi) is 4.76. The van der Waals surface area contributed by atoms with E-state index in [0.29, 0.717) is 40.9 Å². The number of hydrogen-bond donors (Lipinski definition) is 0. The first-order valence-corrected chi connectivity index (χ1v) is 9.92. The molecule has 0 aliphatic heterocycles. The molecule has 0 atom stereocenters. The van der Waals surface area contributed by atoms with Crippen LogP contribution in [0, 0.1) is 6.92 Å². The molecule has 0 bridgehead atoms. The minimum atomic E-state index is -0.193. The van der Waals surface area contributed by atoms with Crippen molar-refractivity contribution in [3.8, 4) is 0 Å². The van der Waals surface area contributed by atoms with Crippen LogP contribution in [0.1, 0.15) is 11.1 Å². The van der Waals surface area contributed by atoms with Crippen molar-refractivity contribution in [3.05, 3.63) is 76.3 Å². The number of benzene rings is 2. The third-order valence-electron chi connectivity index (χ3n) is 5.24. The van der Waals surface area contributed by atoms with Gasteiger partial charge in [0.15, 0.2) is 11.3 Å². The Labute approximate surface area is 177 Å². The first-order chi connectivity index (χ1) is 15.2. The molecule has 0 spiro atoms. The zero-order valence-electron chi connectivity index (χ0n) is 17.2. The standard InChI is InChI=1S/C23H20N6O2/c1-15-7-3-4-8-16(15)13-25-29-21-19(23(30)28(14-24-21)11-12-31-2)20-22(29)27-18-10-6-5-9-17(18)26-20/h3-10,13-14H,11-12H2,1-2H3/b25-13-. The molecule has 8 heteroatoms. The van der Waals surface area contributed by atoms with E-state index in [1.54, 1.807) is 18.0 Å². The molecule has 0 saturated heterocycles. The van der Waals surface area contributed by atoms with Crippen LogP contribution >= 0.6 is 0 Å². The Morgan fingerprint density at radius 2 is 1.77 bits per heavy atom. The van der Waals surface area contributed by atoms with Crippen molar-refractivity contribution < 1.29 is 4.74 Å². The van der Waals surface area contributed by atoms with E-state index in [9.17, 15) is 4.79 Å². The number of nitrogens with zero attached hydrogens (tertiary/aromatic N) is 6. The average Bonchev–Trinajstić information content (AvgIpc) is 3.09. The van der Waals surface area contributed by atoms with Crippen LogP contribution in [0.4, 0.5) is 0 Å². The SMILES string of the molecule is COCCn1cnc2c(c1=O)c1nc3ccccc3nc1n2/N=C\c1ccccc1C. The molecule has 154 valence electrons. The third-order valence-corrected chi connectivity index (χ3v) is 5.24. The summed E-state index contributed by atoms with van der Waals surface area (Å²) in [6, 6.07) is 15.5. The Bertz CT molecular complexity index is 1520. The second-order valence-corrected chi connectivity index (χ2v) is 7.23. The predicted molar refractivity (Wildman–Crippen MR) is 121 cm³/mol. The highest BCUT2D eigenvalue weighted by molar-refractivity contribution is 6.04. The van der Waals surface area contributed by atoms with Gasteiger partial charge in [-0.1, -0.05) is 36.4 Å². The van der Waals surface area contributed by atoms with Crippen LogP contribution in [0.5, 0.6) is 0 Å². The van der Waals surface area contributed by atoms with Gasteiger partial charge in [-0.05, 0) is 30.2 Å². The maximum absolute atomic E-state index is 13.3. The van der Waals surface area contributed by atoms with Gasteiger partial charge in [0.25, 0.3) is 5.56 Å². The highest BCUT2D eigenvalue weighted by Gasteiger charge is 2.19. The maximum Gasteiger partial charge on any atom is 0.265 e. The van der Waals surface area contributed by atoms with Gasteiger partial charge in [0.05, 0.1) is 30.4 Å².